The molecule has 1 aromatic heterocycles. The van der Waals surface area contributed by atoms with Crippen molar-refractivity contribution in [3.63, 3.8) is 0 Å². The van der Waals surface area contributed by atoms with Crippen molar-refractivity contribution in [1.29, 1.82) is 0 Å². The van der Waals surface area contributed by atoms with E-state index in [2.05, 4.69) is 43.3 Å². The quantitative estimate of drug-likeness (QED) is 0.882. The molecule has 0 radical (unpaired) electrons. The van der Waals surface area contributed by atoms with Crippen LogP contribution in [-0.2, 0) is 0 Å². The zero-order valence-corrected chi connectivity index (χ0v) is 13.4. The average Bonchev–Trinajstić information content (AvgIpc) is 2.99. The van der Waals surface area contributed by atoms with Crippen LogP contribution in [0.5, 0.6) is 0 Å². The molecule has 1 heterocycles. The Balaban J connectivity index is 2.23. The molecule has 2 rings (SSSR count). The molecule has 0 bridgehead atoms. The monoisotopic (exact) mass is 280 g/mol. The molecule has 0 aromatic carbocycles. The lowest BCUT2D eigenvalue weighted by Gasteiger charge is -2.51. The van der Waals surface area contributed by atoms with Crippen molar-refractivity contribution in [3.8, 4) is 0 Å². The van der Waals surface area contributed by atoms with E-state index in [0.717, 1.165) is 12.5 Å². The Morgan fingerprint density at radius 3 is 2.89 bits per heavy atom. The van der Waals surface area contributed by atoms with E-state index in [1.165, 1.54) is 37.0 Å². The summed E-state index contributed by atoms with van der Waals surface area (Å²) in [6, 6.07) is 4.87. The minimum absolute atomic E-state index is 0.205. The van der Waals surface area contributed by atoms with Crippen LogP contribution in [0.3, 0.4) is 0 Å². The SMILES string of the molecule is CCC1CCCCC1(CN)N(C)C(C)c1cccs1. The average molecular weight is 280 g/mol. The van der Waals surface area contributed by atoms with E-state index < -0.39 is 0 Å². The number of hydrogen-bond donors (Lipinski definition) is 1. The van der Waals surface area contributed by atoms with Gasteiger partial charge in [0.1, 0.15) is 0 Å². The number of thiophene rings is 1. The summed E-state index contributed by atoms with van der Waals surface area (Å²) in [6.07, 6.45) is 6.55. The van der Waals surface area contributed by atoms with Gasteiger partial charge in [-0.15, -0.1) is 11.3 Å². The van der Waals surface area contributed by atoms with Gasteiger partial charge in [0.05, 0.1) is 0 Å². The third kappa shape index (κ3) is 2.74. The van der Waals surface area contributed by atoms with Gasteiger partial charge in [0.25, 0.3) is 0 Å². The number of nitrogens with zero attached hydrogens (tertiary/aromatic N) is 1. The van der Waals surface area contributed by atoms with Crippen molar-refractivity contribution < 1.29 is 0 Å². The van der Waals surface area contributed by atoms with Gasteiger partial charge in [-0.25, -0.2) is 0 Å². The van der Waals surface area contributed by atoms with Crippen LogP contribution in [0.1, 0.15) is 56.9 Å². The molecule has 3 unspecified atom stereocenters. The van der Waals surface area contributed by atoms with Gasteiger partial charge in [-0.3, -0.25) is 4.90 Å². The second-order valence-corrected chi connectivity index (χ2v) is 6.94. The minimum atomic E-state index is 0.205. The Kier molecular flexibility index (Phi) is 5.04. The predicted molar refractivity (Wildman–Crippen MR) is 84.5 cm³/mol. The molecule has 2 N–H and O–H groups in total. The van der Waals surface area contributed by atoms with Crippen LogP contribution in [0.25, 0.3) is 0 Å². The third-order valence-electron chi connectivity index (χ3n) is 5.26. The summed E-state index contributed by atoms with van der Waals surface area (Å²) in [4.78, 5) is 4.03. The van der Waals surface area contributed by atoms with Gasteiger partial charge < -0.3 is 5.73 Å². The van der Waals surface area contributed by atoms with E-state index in [-0.39, 0.29) is 5.54 Å². The van der Waals surface area contributed by atoms with Crippen LogP contribution in [-0.4, -0.2) is 24.0 Å². The van der Waals surface area contributed by atoms with Crippen molar-refractivity contribution in [2.45, 2.75) is 57.5 Å². The van der Waals surface area contributed by atoms with E-state index in [4.69, 9.17) is 5.73 Å². The van der Waals surface area contributed by atoms with Crippen LogP contribution in [0.4, 0.5) is 0 Å². The highest BCUT2D eigenvalue weighted by Gasteiger charge is 2.43. The zero-order chi connectivity index (χ0) is 13.9. The minimum Gasteiger partial charge on any atom is -0.329 e. The first-order valence-electron chi connectivity index (χ1n) is 7.62. The second kappa shape index (κ2) is 6.38. The highest BCUT2D eigenvalue weighted by molar-refractivity contribution is 7.10. The smallest absolute Gasteiger partial charge is 0.0416 e. The van der Waals surface area contributed by atoms with Crippen LogP contribution >= 0.6 is 11.3 Å². The summed E-state index contributed by atoms with van der Waals surface area (Å²) in [6.45, 7) is 5.44. The van der Waals surface area contributed by atoms with Gasteiger partial charge in [0.2, 0.25) is 0 Å². The molecule has 1 fully saturated rings. The number of hydrogen-bond acceptors (Lipinski definition) is 3. The molecule has 0 spiro atoms. The lowest BCUT2D eigenvalue weighted by Crippen LogP contribution is -2.58. The zero-order valence-electron chi connectivity index (χ0n) is 12.6. The normalized spacial score (nSPS) is 29.6. The van der Waals surface area contributed by atoms with Crippen molar-refractivity contribution in [2.24, 2.45) is 11.7 Å². The molecule has 1 aliphatic carbocycles. The fourth-order valence-electron chi connectivity index (χ4n) is 3.86. The van der Waals surface area contributed by atoms with Gasteiger partial charge in [0, 0.05) is 23.0 Å². The molecule has 3 atom stereocenters. The van der Waals surface area contributed by atoms with Gasteiger partial charge in [-0.2, -0.15) is 0 Å². The molecule has 108 valence electrons. The van der Waals surface area contributed by atoms with E-state index in [1.54, 1.807) is 0 Å². The maximum Gasteiger partial charge on any atom is 0.0416 e. The molecule has 1 aromatic rings. The van der Waals surface area contributed by atoms with Crippen molar-refractivity contribution in [2.75, 3.05) is 13.6 Å². The fraction of sp³-hybridized carbons (Fsp3) is 0.750. The summed E-state index contributed by atoms with van der Waals surface area (Å²) in [7, 11) is 2.28. The first-order valence-corrected chi connectivity index (χ1v) is 8.50. The Hall–Kier alpha value is -0.380. The van der Waals surface area contributed by atoms with E-state index in [1.807, 2.05) is 11.3 Å². The molecule has 0 saturated heterocycles. The molecule has 19 heavy (non-hydrogen) atoms. The van der Waals surface area contributed by atoms with Crippen LogP contribution in [0, 0.1) is 5.92 Å². The third-order valence-corrected chi connectivity index (χ3v) is 6.30. The van der Waals surface area contributed by atoms with Crippen LogP contribution in [0.15, 0.2) is 17.5 Å². The molecule has 2 nitrogen and oxygen atoms in total. The summed E-state index contributed by atoms with van der Waals surface area (Å²) in [5, 5.41) is 2.17. The van der Waals surface area contributed by atoms with Gasteiger partial charge in [-0.05, 0) is 44.2 Å². The Labute approximate surface area is 122 Å². The highest BCUT2D eigenvalue weighted by atomic mass is 32.1. The standard InChI is InChI=1S/C16H28N2S/c1-4-14-8-5-6-10-16(14,12-17)18(3)13(2)15-9-7-11-19-15/h7,9,11,13-14H,4-6,8,10,12,17H2,1-3H3. The maximum absolute atomic E-state index is 6.26. The van der Waals surface area contributed by atoms with Crippen LogP contribution in [0.2, 0.25) is 0 Å². The molecule has 1 aliphatic rings. The molecule has 1 saturated carbocycles. The number of rotatable bonds is 5. The Morgan fingerprint density at radius 2 is 2.32 bits per heavy atom. The molecular weight excluding hydrogens is 252 g/mol. The first kappa shape index (κ1) is 15.0. The molecule has 0 aliphatic heterocycles. The summed E-state index contributed by atoms with van der Waals surface area (Å²) < 4.78 is 0. The fourth-order valence-corrected chi connectivity index (χ4v) is 4.69. The van der Waals surface area contributed by atoms with Crippen molar-refractivity contribution in [1.82, 2.24) is 4.90 Å². The van der Waals surface area contributed by atoms with Gasteiger partial charge in [-0.1, -0.05) is 32.3 Å². The van der Waals surface area contributed by atoms with Gasteiger partial charge in [0.15, 0.2) is 0 Å². The Bertz CT molecular complexity index is 376. The van der Waals surface area contributed by atoms with E-state index >= 15 is 0 Å². The second-order valence-electron chi connectivity index (χ2n) is 5.96. The number of likely N-dealkylation sites (N-methyl/N-ethyl adjacent to an activating group) is 1. The van der Waals surface area contributed by atoms with E-state index in [9.17, 15) is 0 Å². The summed E-state index contributed by atoms with van der Waals surface area (Å²) in [5.74, 6) is 0.749. The maximum atomic E-state index is 6.26. The van der Waals surface area contributed by atoms with Crippen molar-refractivity contribution >= 4 is 11.3 Å². The highest BCUT2D eigenvalue weighted by Crippen LogP contribution is 2.42. The number of nitrogens with two attached hydrogens (primary N) is 1. The van der Waals surface area contributed by atoms with Crippen molar-refractivity contribution in [3.05, 3.63) is 22.4 Å². The Morgan fingerprint density at radius 1 is 1.53 bits per heavy atom. The predicted octanol–water partition coefficient (Wildman–Crippen LogP) is 4.04. The molecule has 0 amide bonds. The van der Waals surface area contributed by atoms with Gasteiger partial charge >= 0.3 is 0 Å². The van der Waals surface area contributed by atoms with Crippen LogP contribution < -0.4 is 5.73 Å². The topological polar surface area (TPSA) is 29.3 Å². The van der Waals surface area contributed by atoms with E-state index in [0.29, 0.717) is 6.04 Å². The summed E-state index contributed by atoms with van der Waals surface area (Å²) in [5.41, 5.74) is 6.46. The lowest BCUT2D eigenvalue weighted by atomic mass is 9.70. The molecule has 3 heteroatoms. The largest absolute Gasteiger partial charge is 0.329 e. The molecular formula is C16H28N2S. The lowest BCUT2D eigenvalue weighted by molar-refractivity contribution is -0.00152. The first-order chi connectivity index (χ1) is 9.15. The summed E-state index contributed by atoms with van der Waals surface area (Å²) >= 11 is 1.86.